The van der Waals surface area contributed by atoms with Crippen LogP contribution < -0.4 is 5.19 Å². The third-order valence-electron chi connectivity index (χ3n) is 4.99. The van der Waals surface area contributed by atoms with E-state index in [0.29, 0.717) is 0 Å². The fraction of sp³-hybridized carbons (Fsp3) is 0.625. The van der Waals surface area contributed by atoms with E-state index in [0.717, 1.165) is 20.9 Å². The number of benzene rings is 1. The smallest absolute Gasteiger partial charge is 0.0642 e. The Morgan fingerprint density at radius 3 is 2.65 bits per heavy atom. The molecule has 2 fully saturated rings. The van der Waals surface area contributed by atoms with Crippen LogP contribution in [0.2, 0.25) is 6.04 Å². The summed E-state index contributed by atoms with van der Waals surface area (Å²) in [5.74, 6) is 1.08. The maximum absolute atomic E-state index is 2.31. The van der Waals surface area contributed by atoms with Crippen LogP contribution in [0.25, 0.3) is 0 Å². The zero-order chi connectivity index (χ0) is 11.6. The standard InChI is InChI=1S/C16H22Si/c1-2-9-15(10-3-1)17-13-16-11-5-4-7-14(16)8-6-12-16/h1-3,9-10,14H,4-8,11-13H2/t14-,16+/m0/s1. The summed E-state index contributed by atoms with van der Waals surface area (Å²) in [7, 11) is 1.04. The second-order valence-corrected chi connectivity index (χ2v) is 7.20. The molecular formula is C16H22Si. The van der Waals surface area contributed by atoms with E-state index in [4.69, 9.17) is 0 Å². The molecule has 2 atom stereocenters. The summed E-state index contributed by atoms with van der Waals surface area (Å²) in [5.41, 5.74) is 0.756. The highest BCUT2D eigenvalue weighted by Gasteiger charge is 2.43. The Labute approximate surface area is 108 Å². The predicted molar refractivity (Wildman–Crippen MR) is 74.9 cm³/mol. The van der Waals surface area contributed by atoms with Crippen molar-refractivity contribution < 1.29 is 0 Å². The van der Waals surface area contributed by atoms with Gasteiger partial charge in [0.05, 0.1) is 9.52 Å². The normalized spacial score (nSPS) is 32.4. The highest BCUT2D eigenvalue weighted by molar-refractivity contribution is 6.53. The zero-order valence-corrected chi connectivity index (χ0v) is 11.6. The molecule has 2 aliphatic rings. The molecule has 2 saturated carbocycles. The van der Waals surface area contributed by atoms with E-state index in [1.807, 2.05) is 0 Å². The summed E-state index contributed by atoms with van der Waals surface area (Å²) in [6.45, 7) is 0. The van der Waals surface area contributed by atoms with Gasteiger partial charge in [-0.25, -0.2) is 0 Å². The first-order valence-electron chi connectivity index (χ1n) is 7.18. The second kappa shape index (κ2) is 4.97. The van der Waals surface area contributed by atoms with Crippen LogP contribution in [-0.2, 0) is 0 Å². The number of fused-ring (bicyclic) bond motifs is 1. The number of hydrogen-bond donors (Lipinski definition) is 0. The molecule has 0 saturated heterocycles. The molecule has 90 valence electrons. The molecule has 1 aromatic rings. The van der Waals surface area contributed by atoms with Crippen molar-refractivity contribution in [3.05, 3.63) is 30.3 Å². The molecular weight excluding hydrogens is 220 g/mol. The van der Waals surface area contributed by atoms with Crippen molar-refractivity contribution in [1.29, 1.82) is 0 Å². The van der Waals surface area contributed by atoms with Gasteiger partial charge in [-0.2, -0.15) is 0 Å². The molecule has 17 heavy (non-hydrogen) atoms. The van der Waals surface area contributed by atoms with Gasteiger partial charge >= 0.3 is 0 Å². The summed E-state index contributed by atoms with van der Waals surface area (Å²) in [5, 5.41) is 1.57. The number of rotatable bonds is 3. The third-order valence-corrected chi connectivity index (χ3v) is 6.61. The van der Waals surface area contributed by atoms with E-state index in [-0.39, 0.29) is 0 Å². The zero-order valence-electron chi connectivity index (χ0n) is 10.6. The highest BCUT2D eigenvalue weighted by atomic mass is 28.2. The Kier molecular flexibility index (Phi) is 3.37. The largest absolute Gasteiger partial charge is 0.0813 e. The highest BCUT2D eigenvalue weighted by Crippen LogP contribution is 2.54. The Morgan fingerprint density at radius 2 is 1.76 bits per heavy atom. The molecule has 3 rings (SSSR count). The maximum atomic E-state index is 2.31. The SMILES string of the molecule is c1ccc([Si]C[C@]23CCCC[C@H]2CCC3)cc1. The van der Waals surface area contributed by atoms with Crippen LogP contribution in [0.5, 0.6) is 0 Å². The molecule has 0 spiro atoms. The minimum atomic E-state index is 0.756. The molecule has 0 bridgehead atoms. The van der Waals surface area contributed by atoms with E-state index in [1.165, 1.54) is 51.0 Å². The second-order valence-electron chi connectivity index (χ2n) is 5.92. The lowest BCUT2D eigenvalue weighted by molar-refractivity contribution is 0.153. The average Bonchev–Trinajstić information content (AvgIpc) is 2.82. The molecule has 0 nitrogen and oxygen atoms in total. The van der Waals surface area contributed by atoms with Gasteiger partial charge in [0.2, 0.25) is 0 Å². The van der Waals surface area contributed by atoms with Crippen molar-refractivity contribution in [3.8, 4) is 0 Å². The molecule has 0 unspecified atom stereocenters. The fourth-order valence-electron chi connectivity index (χ4n) is 4.01. The maximum Gasteiger partial charge on any atom is 0.0813 e. The van der Waals surface area contributed by atoms with E-state index in [9.17, 15) is 0 Å². The Balaban J connectivity index is 1.67. The summed E-state index contributed by atoms with van der Waals surface area (Å²) >= 11 is 0. The van der Waals surface area contributed by atoms with Crippen molar-refractivity contribution in [3.63, 3.8) is 0 Å². The quantitative estimate of drug-likeness (QED) is 0.707. The molecule has 0 aromatic heterocycles. The van der Waals surface area contributed by atoms with Gasteiger partial charge in [-0.05, 0) is 37.0 Å². The van der Waals surface area contributed by atoms with Gasteiger partial charge in [-0.1, -0.05) is 60.8 Å². The van der Waals surface area contributed by atoms with E-state index >= 15 is 0 Å². The van der Waals surface area contributed by atoms with E-state index < -0.39 is 0 Å². The predicted octanol–water partition coefficient (Wildman–Crippen LogP) is 3.79. The van der Waals surface area contributed by atoms with Gasteiger partial charge < -0.3 is 0 Å². The fourth-order valence-corrected chi connectivity index (χ4v) is 5.64. The van der Waals surface area contributed by atoms with Crippen molar-refractivity contribution in [2.45, 2.75) is 51.0 Å². The molecule has 0 heterocycles. The monoisotopic (exact) mass is 242 g/mol. The van der Waals surface area contributed by atoms with Crippen LogP contribution in [0.1, 0.15) is 44.9 Å². The Morgan fingerprint density at radius 1 is 1.00 bits per heavy atom. The van der Waals surface area contributed by atoms with Gasteiger partial charge in [-0.3, -0.25) is 0 Å². The van der Waals surface area contributed by atoms with Crippen LogP contribution in [0.15, 0.2) is 30.3 Å². The van der Waals surface area contributed by atoms with Gasteiger partial charge in [0, 0.05) is 0 Å². The minimum absolute atomic E-state index is 0.756. The number of hydrogen-bond acceptors (Lipinski definition) is 0. The van der Waals surface area contributed by atoms with Gasteiger partial charge in [0.15, 0.2) is 0 Å². The van der Waals surface area contributed by atoms with Crippen molar-refractivity contribution in [2.75, 3.05) is 0 Å². The lowest BCUT2D eigenvalue weighted by Gasteiger charge is -2.40. The first-order chi connectivity index (χ1) is 8.39. The summed E-state index contributed by atoms with van der Waals surface area (Å²) < 4.78 is 0. The molecule has 0 aliphatic heterocycles. The Hall–Kier alpha value is -0.563. The summed E-state index contributed by atoms with van der Waals surface area (Å²) in [6, 6.07) is 12.6. The first-order valence-corrected chi connectivity index (χ1v) is 8.39. The molecule has 0 N–H and O–H groups in total. The first kappa shape index (κ1) is 11.5. The van der Waals surface area contributed by atoms with Crippen LogP contribution in [-0.4, -0.2) is 9.52 Å². The van der Waals surface area contributed by atoms with Crippen molar-refractivity contribution >= 4 is 14.7 Å². The van der Waals surface area contributed by atoms with Crippen LogP contribution in [0, 0.1) is 11.3 Å². The third kappa shape index (κ3) is 2.35. The lowest BCUT2D eigenvalue weighted by atomic mass is 9.69. The Bertz CT molecular complexity index is 359. The van der Waals surface area contributed by atoms with Gasteiger partial charge in [0.25, 0.3) is 0 Å². The van der Waals surface area contributed by atoms with Crippen LogP contribution in [0.3, 0.4) is 0 Å². The van der Waals surface area contributed by atoms with E-state index in [2.05, 4.69) is 30.3 Å². The van der Waals surface area contributed by atoms with Crippen molar-refractivity contribution in [1.82, 2.24) is 0 Å². The van der Waals surface area contributed by atoms with Gasteiger partial charge in [-0.15, -0.1) is 0 Å². The van der Waals surface area contributed by atoms with Gasteiger partial charge in [0.1, 0.15) is 0 Å². The van der Waals surface area contributed by atoms with Crippen LogP contribution in [0.4, 0.5) is 0 Å². The molecule has 0 amide bonds. The topological polar surface area (TPSA) is 0 Å². The van der Waals surface area contributed by atoms with Crippen LogP contribution >= 0.6 is 0 Å². The van der Waals surface area contributed by atoms with Crippen molar-refractivity contribution in [2.24, 2.45) is 11.3 Å². The summed E-state index contributed by atoms with van der Waals surface area (Å²) in [6.07, 6.45) is 10.6. The molecule has 2 radical (unpaired) electrons. The minimum Gasteiger partial charge on any atom is -0.0642 e. The molecule has 1 aromatic carbocycles. The average molecular weight is 242 g/mol. The molecule has 2 aliphatic carbocycles. The molecule has 1 heteroatoms. The van der Waals surface area contributed by atoms with E-state index in [1.54, 1.807) is 5.19 Å². The lowest BCUT2D eigenvalue weighted by Crippen LogP contribution is -2.32. The summed E-state index contributed by atoms with van der Waals surface area (Å²) in [4.78, 5) is 0.